The van der Waals surface area contributed by atoms with Gasteiger partial charge in [-0.25, -0.2) is 4.79 Å². The maximum absolute atomic E-state index is 11.7. The van der Waals surface area contributed by atoms with Crippen LogP contribution in [-0.4, -0.2) is 35.7 Å². The summed E-state index contributed by atoms with van der Waals surface area (Å²) in [5.74, 6) is 0. The Bertz CT molecular complexity index is 461. The molecule has 0 bridgehead atoms. The number of ether oxygens (including phenoxy) is 1. The molecule has 0 heterocycles. The Balaban J connectivity index is 1.70. The van der Waals surface area contributed by atoms with E-state index in [1.165, 1.54) is 5.56 Å². The van der Waals surface area contributed by atoms with Crippen molar-refractivity contribution in [1.82, 2.24) is 10.2 Å². The van der Waals surface area contributed by atoms with Crippen molar-refractivity contribution in [2.45, 2.75) is 57.8 Å². The Kier molecular flexibility index (Phi) is 4.88. The zero-order valence-electron chi connectivity index (χ0n) is 13.4. The highest BCUT2D eigenvalue weighted by molar-refractivity contribution is 5.68. The summed E-state index contributed by atoms with van der Waals surface area (Å²) in [4.78, 5) is 14.0. The first-order valence-corrected chi connectivity index (χ1v) is 7.57. The van der Waals surface area contributed by atoms with Gasteiger partial charge in [0, 0.05) is 18.6 Å². The van der Waals surface area contributed by atoms with Crippen molar-refractivity contribution in [2.24, 2.45) is 0 Å². The van der Waals surface area contributed by atoms with Gasteiger partial charge in [0.15, 0.2) is 0 Å². The lowest BCUT2D eigenvalue weighted by Crippen LogP contribution is -2.53. The van der Waals surface area contributed by atoms with Crippen molar-refractivity contribution in [2.75, 3.05) is 7.05 Å². The molecule has 1 aromatic carbocycles. The lowest BCUT2D eigenvalue weighted by Gasteiger charge is -2.41. The highest BCUT2D eigenvalue weighted by Gasteiger charge is 2.33. The van der Waals surface area contributed by atoms with E-state index in [-0.39, 0.29) is 12.1 Å². The summed E-state index contributed by atoms with van der Waals surface area (Å²) in [6.07, 6.45) is 1.67. The van der Waals surface area contributed by atoms with Crippen molar-refractivity contribution in [3.05, 3.63) is 35.9 Å². The molecule has 0 spiro atoms. The van der Waals surface area contributed by atoms with Crippen LogP contribution in [0, 0.1) is 0 Å². The number of benzene rings is 1. The molecule has 0 saturated heterocycles. The Morgan fingerprint density at radius 3 is 2.48 bits per heavy atom. The molecule has 0 radical (unpaired) electrons. The second-order valence-electron chi connectivity index (χ2n) is 6.87. The molecule has 0 aromatic heterocycles. The fraction of sp³-hybridized carbons (Fsp3) is 0.588. The number of rotatable bonds is 4. The Hall–Kier alpha value is -1.55. The van der Waals surface area contributed by atoms with Crippen LogP contribution in [0.25, 0.3) is 0 Å². The molecule has 0 aliphatic heterocycles. The first-order valence-electron chi connectivity index (χ1n) is 7.57. The number of hydrogen-bond acceptors (Lipinski definition) is 3. The van der Waals surface area contributed by atoms with Crippen LogP contribution in [0.3, 0.4) is 0 Å². The quantitative estimate of drug-likeness (QED) is 0.926. The van der Waals surface area contributed by atoms with Crippen molar-refractivity contribution in [3.63, 3.8) is 0 Å². The molecule has 0 unspecified atom stereocenters. The monoisotopic (exact) mass is 290 g/mol. The van der Waals surface area contributed by atoms with Crippen molar-refractivity contribution in [1.29, 1.82) is 0 Å². The van der Waals surface area contributed by atoms with Crippen LogP contribution in [0.2, 0.25) is 0 Å². The lowest BCUT2D eigenvalue weighted by molar-refractivity contribution is 0.0409. The van der Waals surface area contributed by atoms with Gasteiger partial charge in [0.25, 0.3) is 0 Å². The second kappa shape index (κ2) is 6.48. The zero-order chi connectivity index (χ0) is 15.5. The van der Waals surface area contributed by atoms with Crippen molar-refractivity contribution >= 4 is 6.09 Å². The molecule has 4 heteroatoms. The number of amides is 1. The summed E-state index contributed by atoms with van der Waals surface area (Å²) in [5.41, 5.74) is 0.890. The van der Waals surface area contributed by atoms with E-state index < -0.39 is 5.60 Å². The van der Waals surface area contributed by atoms with E-state index in [0.29, 0.717) is 6.04 Å². The van der Waals surface area contributed by atoms with Crippen LogP contribution in [0.4, 0.5) is 4.79 Å². The fourth-order valence-corrected chi connectivity index (χ4v) is 2.54. The van der Waals surface area contributed by atoms with Crippen LogP contribution in [0.1, 0.15) is 39.2 Å². The van der Waals surface area contributed by atoms with Crippen LogP contribution in [-0.2, 0) is 11.3 Å². The van der Waals surface area contributed by atoms with Gasteiger partial charge in [0.05, 0.1) is 0 Å². The van der Waals surface area contributed by atoms with Gasteiger partial charge >= 0.3 is 6.09 Å². The second-order valence-corrected chi connectivity index (χ2v) is 6.87. The van der Waals surface area contributed by atoms with E-state index in [2.05, 4.69) is 41.5 Å². The van der Waals surface area contributed by atoms with Crippen LogP contribution >= 0.6 is 0 Å². The summed E-state index contributed by atoms with van der Waals surface area (Å²) in [6, 6.07) is 11.2. The van der Waals surface area contributed by atoms with Gasteiger partial charge in [0.2, 0.25) is 0 Å². The van der Waals surface area contributed by atoms with Crippen molar-refractivity contribution in [3.8, 4) is 0 Å². The van der Waals surface area contributed by atoms with Gasteiger partial charge in [-0.2, -0.15) is 0 Å². The van der Waals surface area contributed by atoms with E-state index in [0.717, 1.165) is 19.4 Å². The fourth-order valence-electron chi connectivity index (χ4n) is 2.54. The SMILES string of the molecule is CN(Cc1ccccc1)C1CC(NC(=O)OC(C)(C)C)C1. The smallest absolute Gasteiger partial charge is 0.407 e. The molecule has 1 N–H and O–H groups in total. The summed E-state index contributed by atoms with van der Waals surface area (Å²) in [6.45, 7) is 6.59. The Morgan fingerprint density at radius 1 is 1.29 bits per heavy atom. The van der Waals surface area contributed by atoms with E-state index >= 15 is 0 Å². The minimum Gasteiger partial charge on any atom is -0.444 e. The molecule has 116 valence electrons. The Labute approximate surface area is 127 Å². The molecule has 1 amide bonds. The summed E-state index contributed by atoms with van der Waals surface area (Å²) < 4.78 is 5.27. The van der Waals surface area contributed by atoms with Crippen LogP contribution < -0.4 is 5.32 Å². The molecule has 1 aromatic rings. The van der Waals surface area contributed by atoms with E-state index in [1.54, 1.807) is 0 Å². The highest BCUT2D eigenvalue weighted by atomic mass is 16.6. The molecule has 1 aliphatic rings. The standard InChI is InChI=1S/C17H26N2O2/c1-17(2,3)21-16(20)18-14-10-15(11-14)19(4)12-13-8-6-5-7-9-13/h5-9,14-15H,10-12H2,1-4H3,(H,18,20). The number of carbonyl (C=O) groups excluding carboxylic acids is 1. The van der Waals surface area contributed by atoms with Gasteiger partial charge in [-0.05, 0) is 46.2 Å². The Morgan fingerprint density at radius 2 is 1.90 bits per heavy atom. The number of alkyl carbamates (subject to hydrolysis) is 1. The third kappa shape index (κ3) is 5.05. The molecule has 0 atom stereocenters. The maximum Gasteiger partial charge on any atom is 0.407 e. The van der Waals surface area contributed by atoms with E-state index in [1.807, 2.05) is 26.8 Å². The summed E-state index contributed by atoms with van der Waals surface area (Å²) in [5, 5.41) is 2.93. The van der Waals surface area contributed by atoms with Gasteiger partial charge < -0.3 is 10.1 Å². The highest BCUT2D eigenvalue weighted by Crippen LogP contribution is 2.26. The largest absolute Gasteiger partial charge is 0.444 e. The maximum atomic E-state index is 11.7. The first-order chi connectivity index (χ1) is 9.83. The number of nitrogens with one attached hydrogen (secondary N) is 1. The zero-order valence-corrected chi connectivity index (χ0v) is 13.4. The molecule has 1 fully saturated rings. The molecule has 21 heavy (non-hydrogen) atoms. The molecule has 1 aliphatic carbocycles. The minimum absolute atomic E-state index is 0.239. The summed E-state index contributed by atoms with van der Waals surface area (Å²) >= 11 is 0. The molecular weight excluding hydrogens is 264 g/mol. The van der Waals surface area contributed by atoms with Crippen LogP contribution in [0.5, 0.6) is 0 Å². The number of nitrogens with zero attached hydrogens (tertiary/aromatic N) is 1. The predicted octanol–water partition coefficient (Wildman–Crippen LogP) is 3.17. The summed E-state index contributed by atoms with van der Waals surface area (Å²) in [7, 11) is 2.14. The van der Waals surface area contributed by atoms with Crippen LogP contribution in [0.15, 0.2) is 30.3 Å². The average Bonchev–Trinajstić information content (AvgIpc) is 2.32. The van der Waals surface area contributed by atoms with E-state index in [4.69, 9.17) is 4.74 Å². The minimum atomic E-state index is -0.433. The first kappa shape index (κ1) is 15.8. The normalized spacial score (nSPS) is 21.8. The molecule has 1 saturated carbocycles. The topological polar surface area (TPSA) is 41.6 Å². The molecular formula is C17H26N2O2. The number of hydrogen-bond donors (Lipinski definition) is 1. The van der Waals surface area contributed by atoms with Gasteiger partial charge in [0.1, 0.15) is 5.60 Å². The molecule has 4 nitrogen and oxygen atoms in total. The molecule has 2 rings (SSSR count). The third-order valence-electron chi connectivity index (χ3n) is 3.73. The average molecular weight is 290 g/mol. The van der Waals surface area contributed by atoms with Gasteiger partial charge in [-0.1, -0.05) is 30.3 Å². The van der Waals surface area contributed by atoms with Gasteiger partial charge in [-0.15, -0.1) is 0 Å². The van der Waals surface area contributed by atoms with Gasteiger partial charge in [-0.3, -0.25) is 4.90 Å². The van der Waals surface area contributed by atoms with Crippen molar-refractivity contribution < 1.29 is 9.53 Å². The predicted molar refractivity (Wildman–Crippen MR) is 84.1 cm³/mol. The third-order valence-corrected chi connectivity index (χ3v) is 3.73. The number of carbonyl (C=O) groups is 1. The lowest BCUT2D eigenvalue weighted by atomic mass is 9.85. The van der Waals surface area contributed by atoms with E-state index in [9.17, 15) is 4.79 Å².